The Balaban J connectivity index is 1.78. The summed E-state index contributed by atoms with van der Waals surface area (Å²) in [7, 11) is 3.28. The number of carbonyl (C=O) groups excluding carboxylic acids is 1. The van der Waals surface area contributed by atoms with Crippen molar-refractivity contribution in [3.05, 3.63) is 47.0 Å². The van der Waals surface area contributed by atoms with Gasteiger partial charge >= 0.3 is 0 Å². The normalized spacial score (nSPS) is 14.1. The van der Waals surface area contributed by atoms with Crippen LogP contribution in [0.3, 0.4) is 0 Å². The molecule has 1 aromatic heterocycles. The number of fused-ring (bicyclic) bond motifs is 1. The van der Waals surface area contributed by atoms with Crippen molar-refractivity contribution < 1.29 is 14.3 Å². The predicted octanol–water partition coefficient (Wildman–Crippen LogP) is 1.15. The summed E-state index contributed by atoms with van der Waals surface area (Å²) in [6, 6.07) is 5.80. The van der Waals surface area contributed by atoms with Gasteiger partial charge in [-0.25, -0.2) is 9.97 Å². The molecule has 7 nitrogen and oxygen atoms in total. The van der Waals surface area contributed by atoms with Crippen molar-refractivity contribution in [1.82, 2.24) is 14.9 Å². The molecule has 0 bridgehead atoms. The third-order valence-corrected chi connectivity index (χ3v) is 4.13. The molecule has 0 spiro atoms. The summed E-state index contributed by atoms with van der Waals surface area (Å²) >= 11 is 0. The van der Waals surface area contributed by atoms with Crippen molar-refractivity contribution in [3.8, 4) is 11.5 Å². The van der Waals surface area contributed by atoms with E-state index in [0.717, 1.165) is 47.8 Å². The molecule has 0 atom stereocenters. The minimum absolute atomic E-state index is 0.0672. The van der Waals surface area contributed by atoms with E-state index in [1.807, 2.05) is 18.2 Å². The van der Waals surface area contributed by atoms with E-state index in [-0.39, 0.29) is 5.82 Å². The zero-order valence-electron chi connectivity index (χ0n) is 13.8. The number of nitrogens with zero attached hydrogens (tertiary/aromatic N) is 3. The van der Waals surface area contributed by atoms with Crippen LogP contribution in [0.15, 0.2) is 24.4 Å². The minimum Gasteiger partial charge on any atom is -0.497 e. The van der Waals surface area contributed by atoms with Crippen LogP contribution in [0.1, 0.15) is 27.4 Å². The van der Waals surface area contributed by atoms with Gasteiger partial charge in [0.2, 0.25) is 5.82 Å². The molecule has 2 heterocycles. The molecule has 7 heteroatoms. The SMILES string of the molecule is COc1ccc(CN2CCc3cnc(C(N)=O)nc3C2)c(OC)c1. The lowest BCUT2D eigenvalue weighted by atomic mass is 10.1. The van der Waals surface area contributed by atoms with Gasteiger partial charge in [-0.2, -0.15) is 0 Å². The van der Waals surface area contributed by atoms with Crippen molar-refractivity contribution >= 4 is 5.91 Å². The second kappa shape index (κ2) is 6.84. The lowest BCUT2D eigenvalue weighted by Gasteiger charge is -2.28. The number of aromatic nitrogens is 2. The van der Waals surface area contributed by atoms with Gasteiger partial charge < -0.3 is 15.2 Å². The first-order chi connectivity index (χ1) is 11.6. The molecule has 24 heavy (non-hydrogen) atoms. The fraction of sp³-hybridized carbons (Fsp3) is 0.353. The van der Waals surface area contributed by atoms with Crippen LogP contribution in [0.4, 0.5) is 0 Å². The van der Waals surface area contributed by atoms with E-state index in [1.54, 1.807) is 20.4 Å². The van der Waals surface area contributed by atoms with Gasteiger partial charge in [-0.15, -0.1) is 0 Å². The maximum atomic E-state index is 11.3. The van der Waals surface area contributed by atoms with Gasteiger partial charge in [-0.1, -0.05) is 6.07 Å². The largest absolute Gasteiger partial charge is 0.497 e. The van der Waals surface area contributed by atoms with Crippen LogP contribution in [-0.4, -0.2) is 41.5 Å². The van der Waals surface area contributed by atoms with E-state index in [4.69, 9.17) is 15.2 Å². The highest BCUT2D eigenvalue weighted by Crippen LogP contribution is 2.27. The standard InChI is InChI=1S/C17H20N4O3/c1-23-13-4-3-12(15(7-13)24-2)9-21-6-5-11-8-19-17(16(18)22)20-14(11)10-21/h3-4,7-8H,5-6,9-10H2,1-2H3,(H2,18,22). The summed E-state index contributed by atoms with van der Waals surface area (Å²) < 4.78 is 10.7. The smallest absolute Gasteiger partial charge is 0.286 e. The van der Waals surface area contributed by atoms with Crippen LogP contribution < -0.4 is 15.2 Å². The lowest BCUT2D eigenvalue weighted by Crippen LogP contribution is -2.32. The minimum atomic E-state index is -0.605. The van der Waals surface area contributed by atoms with Gasteiger partial charge in [-0.05, 0) is 18.1 Å². The van der Waals surface area contributed by atoms with Crippen molar-refractivity contribution in [2.24, 2.45) is 5.73 Å². The molecule has 1 aliphatic heterocycles. The highest BCUT2D eigenvalue weighted by atomic mass is 16.5. The molecule has 1 aromatic carbocycles. The number of ether oxygens (including phenoxy) is 2. The number of primary amides is 1. The average Bonchev–Trinajstić information content (AvgIpc) is 2.61. The number of hydrogen-bond donors (Lipinski definition) is 1. The Hall–Kier alpha value is -2.67. The third kappa shape index (κ3) is 3.30. The van der Waals surface area contributed by atoms with Crippen LogP contribution in [-0.2, 0) is 19.5 Å². The van der Waals surface area contributed by atoms with Crippen LogP contribution in [0.25, 0.3) is 0 Å². The molecule has 2 N–H and O–H groups in total. The number of carbonyl (C=O) groups is 1. The maximum absolute atomic E-state index is 11.3. The van der Waals surface area contributed by atoms with Gasteiger partial charge in [0.25, 0.3) is 5.91 Å². The van der Waals surface area contributed by atoms with E-state index in [2.05, 4.69) is 14.9 Å². The molecule has 0 aliphatic carbocycles. The molecule has 0 saturated carbocycles. The summed E-state index contributed by atoms with van der Waals surface area (Å²) in [5.74, 6) is 1.02. The summed E-state index contributed by atoms with van der Waals surface area (Å²) in [6.45, 7) is 2.26. The number of rotatable bonds is 5. The number of nitrogens with two attached hydrogens (primary N) is 1. The first kappa shape index (κ1) is 16.2. The van der Waals surface area contributed by atoms with E-state index in [1.165, 1.54) is 0 Å². The molecule has 1 amide bonds. The fourth-order valence-corrected chi connectivity index (χ4v) is 2.83. The van der Waals surface area contributed by atoms with Crippen molar-refractivity contribution in [3.63, 3.8) is 0 Å². The van der Waals surface area contributed by atoms with Gasteiger partial charge in [0, 0.05) is 37.5 Å². The highest BCUT2D eigenvalue weighted by Gasteiger charge is 2.20. The summed E-state index contributed by atoms with van der Waals surface area (Å²) in [4.78, 5) is 21.8. The Morgan fingerprint density at radius 1 is 1.33 bits per heavy atom. The number of methoxy groups -OCH3 is 2. The topological polar surface area (TPSA) is 90.6 Å². The first-order valence-corrected chi connectivity index (χ1v) is 7.68. The van der Waals surface area contributed by atoms with E-state index >= 15 is 0 Å². The van der Waals surface area contributed by atoms with Crippen LogP contribution in [0.2, 0.25) is 0 Å². The Labute approximate surface area is 140 Å². The molecule has 2 aromatic rings. The molecule has 0 unspecified atom stereocenters. The van der Waals surface area contributed by atoms with E-state index in [9.17, 15) is 4.79 Å². The quantitative estimate of drug-likeness (QED) is 0.885. The van der Waals surface area contributed by atoms with Gasteiger partial charge in [0.1, 0.15) is 11.5 Å². The Morgan fingerprint density at radius 3 is 2.88 bits per heavy atom. The monoisotopic (exact) mass is 328 g/mol. The van der Waals surface area contributed by atoms with Crippen LogP contribution >= 0.6 is 0 Å². The molecule has 126 valence electrons. The second-order valence-electron chi connectivity index (χ2n) is 5.67. The highest BCUT2D eigenvalue weighted by molar-refractivity contribution is 5.88. The van der Waals surface area contributed by atoms with E-state index in [0.29, 0.717) is 6.54 Å². The second-order valence-corrected chi connectivity index (χ2v) is 5.67. The summed E-state index contributed by atoms with van der Waals surface area (Å²) in [6.07, 6.45) is 2.54. The number of hydrogen-bond acceptors (Lipinski definition) is 6. The molecular formula is C17H20N4O3. The Kier molecular flexibility index (Phi) is 4.61. The summed E-state index contributed by atoms with van der Waals surface area (Å²) in [5.41, 5.74) is 8.27. The van der Waals surface area contributed by atoms with Gasteiger partial charge in [-0.3, -0.25) is 9.69 Å². The number of amides is 1. The average molecular weight is 328 g/mol. The Morgan fingerprint density at radius 2 is 2.17 bits per heavy atom. The van der Waals surface area contributed by atoms with Crippen molar-refractivity contribution in [1.29, 1.82) is 0 Å². The predicted molar refractivity (Wildman–Crippen MR) is 87.9 cm³/mol. The maximum Gasteiger partial charge on any atom is 0.286 e. The first-order valence-electron chi connectivity index (χ1n) is 7.68. The van der Waals surface area contributed by atoms with Crippen LogP contribution in [0.5, 0.6) is 11.5 Å². The lowest BCUT2D eigenvalue weighted by molar-refractivity contribution is 0.0989. The van der Waals surface area contributed by atoms with Crippen molar-refractivity contribution in [2.45, 2.75) is 19.5 Å². The van der Waals surface area contributed by atoms with Gasteiger partial charge in [0.05, 0.1) is 19.9 Å². The molecule has 0 saturated heterocycles. The molecule has 0 fully saturated rings. The third-order valence-electron chi connectivity index (χ3n) is 4.13. The molecule has 1 aliphatic rings. The fourth-order valence-electron chi connectivity index (χ4n) is 2.83. The van der Waals surface area contributed by atoms with Crippen molar-refractivity contribution in [2.75, 3.05) is 20.8 Å². The Bertz CT molecular complexity index is 763. The molecule has 0 radical (unpaired) electrons. The molecule has 3 rings (SSSR count). The molecular weight excluding hydrogens is 308 g/mol. The van der Waals surface area contributed by atoms with Crippen LogP contribution in [0, 0.1) is 0 Å². The zero-order chi connectivity index (χ0) is 17.1. The van der Waals surface area contributed by atoms with E-state index < -0.39 is 5.91 Å². The number of benzene rings is 1. The summed E-state index contributed by atoms with van der Waals surface area (Å²) in [5, 5.41) is 0. The van der Waals surface area contributed by atoms with Gasteiger partial charge in [0.15, 0.2) is 0 Å². The zero-order valence-corrected chi connectivity index (χ0v) is 13.8.